The van der Waals surface area contributed by atoms with Crippen LogP contribution in [0.5, 0.6) is 11.6 Å². The van der Waals surface area contributed by atoms with Gasteiger partial charge in [0.15, 0.2) is 0 Å². The second kappa shape index (κ2) is 6.70. The summed E-state index contributed by atoms with van der Waals surface area (Å²) in [4.78, 5) is 28.8. The Bertz CT molecular complexity index is 751. The molecule has 23 heavy (non-hydrogen) atoms. The zero-order valence-electron chi connectivity index (χ0n) is 12.8. The number of nitrogens with one attached hydrogen (secondary N) is 2. The summed E-state index contributed by atoms with van der Waals surface area (Å²) in [6.07, 6.45) is -0.547. The lowest BCUT2D eigenvalue weighted by Gasteiger charge is -2.19. The Hall–Kier alpha value is -2.54. The van der Waals surface area contributed by atoms with Gasteiger partial charge in [0.1, 0.15) is 16.5 Å². The lowest BCUT2D eigenvalue weighted by Crippen LogP contribution is -2.27. The molecule has 0 unspecified atom stereocenters. The maximum atomic E-state index is 11.7. The van der Waals surface area contributed by atoms with Crippen LogP contribution in [-0.4, -0.2) is 21.7 Å². The smallest absolute Gasteiger partial charge is 0.412 e. The molecule has 0 atom stereocenters. The van der Waals surface area contributed by atoms with Crippen molar-refractivity contribution in [2.75, 3.05) is 5.32 Å². The molecule has 1 amide bonds. The van der Waals surface area contributed by atoms with E-state index in [0.717, 1.165) is 0 Å². The minimum absolute atomic E-state index is 0.0756. The van der Waals surface area contributed by atoms with Gasteiger partial charge in [-0.05, 0) is 45.0 Å². The molecule has 2 aromatic rings. The summed E-state index contributed by atoms with van der Waals surface area (Å²) in [6.45, 7) is 5.34. The highest BCUT2D eigenvalue weighted by Gasteiger charge is 2.16. The van der Waals surface area contributed by atoms with E-state index in [1.807, 2.05) is 0 Å². The van der Waals surface area contributed by atoms with E-state index in [2.05, 4.69) is 15.3 Å². The summed E-state index contributed by atoms with van der Waals surface area (Å²) in [6, 6.07) is 7.88. The van der Waals surface area contributed by atoms with Crippen LogP contribution in [0.3, 0.4) is 0 Å². The molecular weight excluding hydrogens is 322 g/mol. The van der Waals surface area contributed by atoms with E-state index in [-0.39, 0.29) is 11.0 Å². The van der Waals surface area contributed by atoms with Crippen LogP contribution in [0.25, 0.3) is 0 Å². The number of ether oxygens (including phenoxy) is 2. The highest BCUT2D eigenvalue weighted by molar-refractivity contribution is 6.29. The van der Waals surface area contributed by atoms with Crippen LogP contribution >= 0.6 is 11.6 Å². The van der Waals surface area contributed by atoms with Crippen LogP contribution in [0.4, 0.5) is 10.5 Å². The van der Waals surface area contributed by atoms with Gasteiger partial charge in [0.2, 0.25) is 5.88 Å². The van der Waals surface area contributed by atoms with Gasteiger partial charge < -0.3 is 9.47 Å². The lowest BCUT2D eigenvalue weighted by atomic mass is 10.2. The molecule has 0 spiro atoms. The quantitative estimate of drug-likeness (QED) is 0.835. The second-order valence-electron chi connectivity index (χ2n) is 5.63. The van der Waals surface area contributed by atoms with Crippen LogP contribution in [0.2, 0.25) is 5.15 Å². The average Bonchev–Trinajstić information content (AvgIpc) is 2.37. The topological polar surface area (TPSA) is 93.3 Å². The third-order valence-electron chi connectivity index (χ3n) is 2.41. The predicted molar refractivity (Wildman–Crippen MR) is 86.2 cm³/mol. The third-order valence-corrected chi connectivity index (χ3v) is 2.61. The molecule has 1 heterocycles. The van der Waals surface area contributed by atoms with Crippen molar-refractivity contribution in [3.8, 4) is 11.6 Å². The van der Waals surface area contributed by atoms with Crippen LogP contribution in [0.1, 0.15) is 20.8 Å². The van der Waals surface area contributed by atoms with Gasteiger partial charge >= 0.3 is 11.8 Å². The molecule has 122 valence electrons. The second-order valence-corrected chi connectivity index (χ2v) is 6.03. The van der Waals surface area contributed by atoms with Crippen molar-refractivity contribution in [3.63, 3.8) is 0 Å². The highest BCUT2D eigenvalue weighted by Crippen LogP contribution is 2.22. The van der Waals surface area contributed by atoms with E-state index >= 15 is 0 Å². The molecule has 0 aliphatic rings. The number of rotatable bonds is 3. The van der Waals surface area contributed by atoms with Crippen molar-refractivity contribution in [3.05, 3.63) is 46.0 Å². The minimum Gasteiger partial charge on any atom is -0.444 e. The summed E-state index contributed by atoms with van der Waals surface area (Å²) in [5.41, 5.74) is -0.627. The van der Waals surface area contributed by atoms with Crippen LogP contribution < -0.4 is 15.7 Å². The summed E-state index contributed by atoms with van der Waals surface area (Å²) >= 11 is 5.71. The van der Waals surface area contributed by atoms with Gasteiger partial charge in [-0.25, -0.2) is 9.59 Å². The average molecular weight is 338 g/mol. The first-order chi connectivity index (χ1) is 10.7. The van der Waals surface area contributed by atoms with Crippen LogP contribution in [0, 0.1) is 0 Å². The number of H-pyrrole nitrogens is 1. The molecule has 7 nitrogen and oxygen atoms in total. The largest absolute Gasteiger partial charge is 0.444 e. The van der Waals surface area contributed by atoms with Gasteiger partial charge in [-0.15, -0.1) is 0 Å². The first kappa shape index (κ1) is 16.8. The molecule has 0 radical (unpaired) electrons. The van der Waals surface area contributed by atoms with Crippen LogP contribution in [-0.2, 0) is 4.74 Å². The number of carbonyl (C=O) groups is 1. The normalized spacial score (nSPS) is 11.0. The van der Waals surface area contributed by atoms with E-state index in [1.165, 1.54) is 6.07 Å². The maximum absolute atomic E-state index is 11.7. The van der Waals surface area contributed by atoms with E-state index in [0.29, 0.717) is 11.4 Å². The molecule has 8 heteroatoms. The monoisotopic (exact) mass is 337 g/mol. The predicted octanol–water partition coefficient (Wildman–Crippen LogP) is 3.56. The lowest BCUT2D eigenvalue weighted by molar-refractivity contribution is 0.0636. The van der Waals surface area contributed by atoms with Gasteiger partial charge in [0, 0.05) is 11.8 Å². The van der Waals surface area contributed by atoms with Gasteiger partial charge in [0.25, 0.3) is 0 Å². The number of hydrogen-bond donors (Lipinski definition) is 2. The first-order valence-electron chi connectivity index (χ1n) is 6.76. The Kier molecular flexibility index (Phi) is 4.90. The molecule has 0 aliphatic heterocycles. The van der Waals surface area contributed by atoms with E-state index in [4.69, 9.17) is 21.1 Å². The van der Waals surface area contributed by atoms with Gasteiger partial charge in [-0.2, -0.15) is 4.98 Å². The molecule has 0 aliphatic carbocycles. The number of anilines is 1. The Labute approximate surface area is 137 Å². The van der Waals surface area contributed by atoms with Crippen molar-refractivity contribution in [2.24, 2.45) is 0 Å². The summed E-state index contributed by atoms with van der Waals surface area (Å²) in [7, 11) is 0. The van der Waals surface area contributed by atoms with Crippen molar-refractivity contribution < 1.29 is 14.3 Å². The fraction of sp³-hybridized carbons (Fsp3) is 0.267. The number of amides is 1. The zero-order chi connectivity index (χ0) is 17.0. The van der Waals surface area contributed by atoms with E-state index in [9.17, 15) is 9.59 Å². The highest BCUT2D eigenvalue weighted by atomic mass is 35.5. The molecule has 1 aromatic carbocycles. The number of carbonyl (C=O) groups excluding carboxylic acids is 1. The number of nitrogens with zero attached hydrogens (tertiary/aromatic N) is 1. The molecule has 1 aromatic heterocycles. The Morgan fingerprint density at radius 1 is 1.26 bits per heavy atom. The minimum atomic E-state index is -0.601. The molecule has 0 saturated heterocycles. The fourth-order valence-corrected chi connectivity index (χ4v) is 1.78. The fourth-order valence-electron chi connectivity index (χ4n) is 1.61. The SMILES string of the molecule is CC(C)(C)OC(=O)Nc1ccc(Oc2cc(Cl)[nH]c(=O)n2)cc1. The standard InChI is InChI=1S/C15H16ClN3O4/c1-15(2,3)23-14(21)17-9-4-6-10(7-5-9)22-12-8-11(16)18-13(20)19-12/h4-8H,1-3H3,(H,17,21)(H,18,19,20). The molecule has 0 saturated carbocycles. The van der Waals surface area contributed by atoms with Gasteiger partial charge in [-0.3, -0.25) is 10.3 Å². The number of aromatic nitrogens is 2. The molecule has 0 fully saturated rings. The van der Waals surface area contributed by atoms with E-state index in [1.54, 1.807) is 45.0 Å². The Morgan fingerprint density at radius 3 is 2.48 bits per heavy atom. The van der Waals surface area contributed by atoms with Crippen molar-refractivity contribution in [1.82, 2.24) is 9.97 Å². The van der Waals surface area contributed by atoms with E-state index < -0.39 is 17.4 Å². The van der Waals surface area contributed by atoms with Crippen molar-refractivity contribution in [1.29, 1.82) is 0 Å². The number of benzene rings is 1. The summed E-state index contributed by atoms with van der Waals surface area (Å²) in [5, 5.41) is 2.73. The number of hydrogen-bond acceptors (Lipinski definition) is 5. The Morgan fingerprint density at radius 2 is 1.91 bits per heavy atom. The van der Waals surface area contributed by atoms with Crippen LogP contribution in [0.15, 0.2) is 35.1 Å². The zero-order valence-corrected chi connectivity index (χ0v) is 13.6. The molecule has 0 bridgehead atoms. The maximum Gasteiger partial charge on any atom is 0.412 e. The summed E-state index contributed by atoms with van der Waals surface area (Å²) < 4.78 is 10.6. The Balaban J connectivity index is 2.02. The molecular formula is C15H16ClN3O4. The van der Waals surface area contributed by atoms with Crippen molar-refractivity contribution >= 4 is 23.4 Å². The van der Waals surface area contributed by atoms with Crippen molar-refractivity contribution in [2.45, 2.75) is 26.4 Å². The van der Waals surface area contributed by atoms with Gasteiger partial charge in [0.05, 0.1) is 0 Å². The number of aromatic amines is 1. The molecule has 2 rings (SSSR count). The van der Waals surface area contributed by atoms with Gasteiger partial charge in [-0.1, -0.05) is 11.6 Å². The summed E-state index contributed by atoms with van der Waals surface area (Å²) in [5.74, 6) is 0.514. The first-order valence-corrected chi connectivity index (χ1v) is 7.14. The third kappa shape index (κ3) is 5.63. The molecule has 2 N–H and O–H groups in total. The number of halogens is 1.